The minimum atomic E-state index is -0.520. The van der Waals surface area contributed by atoms with E-state index in [0.717, 1.165) is 47.8 Å². The van der Waals surface area contributed by atoms with Crippen LogP contribution < -0.4 is 11.2 Å². The smallest absolute Gasteiger partial charge is 0.333 e. The zero-order valence-corrected chi connectivity index (χ0v) is 21.5. The van der Waals surface area contributed by atoms with E-state index >= 15 is 0 Å². The molecule has 0 fully saturated rings. The molecule has 1 aliphatic rings. The van der Waals surface area contributed by atoms with Crippen LogP contribution in [0.5, 0.6) is 0 Å². The molecule has 2 aromatic heterocycles. The Bertz CT molecular complexity index is 1530. The number of benzene rings is 2. The van der Waals surface area contributed by atoms with E-state index < -0.39 is 11.2 Å². The number of rotatable bonds is 8. The summed E-state index contributed by atoms with van der Waals surface area (Å²) in [5, 5.41) is 0. The van der Waals surface area contributed by atoms with E-state index in [9.17, 15) is 14.4 Å². The fourth-order valence-electron chi connectivity index (χ4n) is 5.34. The number of hydrogen-bond acceptors (Lipinski definition) is 4. The van der Waals surface area contributed by atoms with Crippen molar-refractivity contribution in [3.63, 3.8) is 0 Å². The molecule has 0 saturated carbocycles. The van der Waals surface area contributed by atoms with E-state index in [0.29, 0.717) is 17.7 Å². The van der Waals surface area contributed by atoms with Gasteiger partial charge in [-0.2, -0.15) is 0 Å². The van der Waals surface area contributed by atoms with E-state index in [1.54, 1.807) is 18.3 Å². The van der Waals surface area contributed by atoms with E-state index in [-0.39, 0.29) is 25.0 Å². The highest BCUT2D eigenvalue weighted by Gasteiger charge is 2.28. The van der Waals surface area contributed by atoms with Gasteiger partial charge < -0.3 is 9.47 Å². The topological polar surface area (TPSA) is 82.1 Å². The van der Waals surface area contributed by atoms with Gasteiger partial charge in [-0.3, -0.25) is 14.2 Å². The van der Waals surface area contributed by atoms with Crippen molar-refractivity contribution in [1.29, 1.82) is 0 Å². The number of imidazole rings is 1. The second-order valence-electron chi connectivity index (χ2n) is 9.82. The van der Waals surface area contributed by atoms with E-state index in [1.165, 1.54) is 10.1 Å². The fourth-order valence-corrected chi connectivity index (χ4v) is 5.34. The maximum absolute atomic E-state index is 13.7. The molecule has 5 rings (SSSR count). The van der Waals surface area contributed by atoms with Gasteiger partial charge in [-0.05, 0) is 42.4 Å². The summed E-state index contributed by atoms with van der Waals surface area (Å²) in [4.78, 5) is 47.0. The Hall–Kier alpha value is -3.94. The zero-order chi connectivity index (χ0) is 25.9. The number of carbonyl (C=O) groups excluding carboxylic acids is 1. The van der Waals surface area contributed by atoms with Gasteiger partial charge in [0.2, 0.25) is 5.91 Å². The monoisotopic (exact) mass is 499 g/mol. The van der Waals surface area contributed by atoms with Crippen LogP contribution in [-0.4, -0.2) is 36.5 Å². The molecule has 0 unspecified atom stereocenters. The molecule has 0 aliphatic heterocycles. The molecular weight excluding hydrogens is 466 g/mol. The number of amides is 1. The van der Waals surface area contributed by atoms with Crippen molar-refractivity contribution in [3.05, 3.63) is 98.5 Å². The van der Waals surface area contributed by atoms with Crippen LogP contribution in [0.25, 0.3) is 11.2 Å². The van der Waals surface area contributed by atoms with Crippen LogP contribution in [0, 0.1) is 0 Å². The van der Waals surface area contributed by atoms with Gasteiger partial charge in [-0.1, -0.05) is 67.9 Å². The van der Waals surface area contributed by atoms with Crippen LogP contribution in [0.2, 0.25) is 0 Å². The first-order valence-electron chi connectivity index (χ1n) is 13.1. The largest absolute Gasteiger partial charge is 0.337 e. The lowest BCUT2D eigenvalue weighted by molar-refractivity contribution is -0.133. The third-order valence-corrected chi connectivity index (χ3v) is 7.41. The van der Waals surface area contributed by atoms with E-state index in [2.05, 4.69) is 24.0 Å². The molecule has 0 N–H and O–H groups in total. The van der Waals surface area contributed by atoms with Gasteiger partial charge in [-0.15, -0.1) is 0 Å². The van der Waals surface area contributed by atoms with Crippen LogP contribution in [0.3, 0.4) is 0 Å². The van der Waals surface area contributed by atoms with Gasteiger partial charge in [0, 0.05) is 13.6 Å². The van der Waals surface area contributed by atoms with Gasteiger partial charge >= 0.3 is 5.69 Å². The molecule has 2 aromatic carbocycles. The Labute approximate surface area is 215 Å². The van der Waals surface area contributed by atoms with Gasteiger partial charge in [0.25, 0.3) is 5.56 Å². The number of likely N-dealkylation sites (N-methyl/N-ethyl adjacent to an activating group) is 1. The van der Waals surface area contributed by atoms with Crippen LogP contribution in [0.15, 0.2) is 70.5 Å². The molecule has 37 heavy (non-hydrogen) atoms. The molecule has 0 spiro atoms. The highest BCUT2D eigenvalue weighted by Crippen LogP contribution is 2.33. The lowest BCUT2D eigenvalue weighted by Gasteiger charge is -2.33. The fraction of sp³-hybridized carbons (Fsp3) is 0.379. The summed E-state index contributed by atoms with van der Waals surface area (Å²) in [6.45, 7) is 2.66. The molecule has 192 valence electrons. The van der Waals surface area contributed by atoms with Crippen LogP contribution in [-0.2, 0) is 30.8 Å². The van der Waals surface area contributed by atoms with Crippen LogP contribution in [0.4, 0.5) is 0 Å². The van der Waals surface area contributed by atoms with Crippen molar-refractivity contribution in [2.45, 2.75) is 64.7 Å². The lowest BCUT2D eigenvalue weighted by atomic mass is 9.87. The van der Waals surface area contributed by atoms with Crippen molar-refractivity contribution in [2.75, 3.05) is 7.05 Å². The molecule has 4 aromatic rings. The summed E-state index contributed by atoms with van der Waals surface area (Å²) < 4.78 is 4.41. The second kappa shape index (κ2) is 10.6. The zero-order valence-electron chi connectivity index (χ0n) is 21.5. The molecule has 1 atom stereocenters. The lowest BCUT2D eigenvalue weighted by Crippen LogP contribution is -2.45. The number of aryl methyl sites for hydroxylation is 2. The summed E-state index contributed by atoms with van der Waals surface area (Å²) in [5.74, 6) is -0.258. The minimum Gasteiger partial charge on any atom is -0.337 e. The summed E-state index contributed by atoms with van der Waals surface area (Å²) in [6.07, 6.45) is 6.31. The summed E-state index contributed by atoms with van der Waals surface area (Å²) in [7, 11) is 1.77. The highest BCUT2D eigenvalue weighted by atomic mass is 16.2. The standard InChI is InChI=1S/C29H33N5O3/c1-3-4-17-32-20-30-27-26(32)28(36)34(29(37)33(27)18-21-11-6-5-7-12-21)19-25(35)31(2)24-16-10-14-22-13-8-9-15-23(22)24/h5-9,11-13,15,20,24H,3-4,10,14,16-19H2,1-2H3/t24-/m1/s1. The predicted octanol–water partition coefficient (Wildman–Crippen LogP) is 3.74. The summed E-state index contributed by atoms with van der Waals surface area (Å²) >= 11 is 0. The van der Waals surface area contributed by atoms with Gasteiger partial charge in [-0.25, -0.2) is 14.3 Å². The molecule has 8 heteroatoms. The summed E-state index contributed by atoms with van der Waals surface area (Å²) in [6, 6.07) is 17.7. The Morgan fingerprint density at radius 1 is 1.05 bits per heavy atom. The number of hydrogen-bond donors (Lipinski definition) is 0. The van der Waals surface area contributed by atoms with E-state index in [4.69, 9.17) is 0 Å². The Morgan fingerprint density at radius 2 is 1.81 bits per heavy atom. The first-order valence-corrected chi connectivity index (χ1v) is 13.1. The van der Waals surface area contributed by atoms with Crippen molar-refractivity contribution in [2.24, 2.45) is 0 Å². The minimum absolute atomic E-state index is 0.0708. The number of fused-ring (bicyclic) bond motifs is 2. The first-order chi connectivity index (χ1) is 18.0. The Morgan fingerprint density at radius 3 is 2.59 bits per heavy atom. The number of carbonyl (C=O) groups is 1. The van der Waals surface area contributed by atoms with Gasteiger partial charge in [0.1, 0.15) is 6.54 Å². The highest BCUT2D eigenvalue weighted by molar-refractivity contribution is 5.77. The quantitative estimate of drug-likeness (QED) is 0.370. The predicted molar refractivity (Wildman–Crippen MR) is 144 cm³/mol. The third-order valence-electron chi connectivity index (χ3n) is 7.41. The van der Waals surface area contributed by atoms with Crippen molar-refractivity contribution >= 4 is 17.1 Å². The SMILES string of the molecule is CCCCn1cnc2c1c(=O)n(CC(=O)N(C)[C@@H]1CCCc3ccccc31)c(=O)n2Cc1ccccc1. The molecule has 0 radical (unpaired) electrons. The normalized spacial score (nSPS) is 15.0. The van der Waals surface area contributed by atoms with Crippen LogP contribution >= 0.6 is 0 Å². The second-order valence-corrected chi connectivity index (χ2v) is 9.82. The average molecular weight is 500 g/mol. The first kappa shape index (κ1) is 24.7. The van der Waals surface area contributed by atoms with Crippen molar-refractivity contribution < 1.29 is 4.79 Å². The molecular formula is C29H33N5O3. The van der Waals surface area contributed by atoms with E-state index in [1.807, 2.05) is 47.0 Å². The number of nitrogens with zero attached hydrogens (tertiary/aromatic N) is 5. The Kier molecular flexibility index (Phi) is 7.08. The third kappa shape index (κ3) is 4.75. The summed E-state index contributed by atoms with van der Waals surface area (Å²) in [5.41, 5.74) is 3.04. The number of unbranched alkanes of at least 4 members (excludes halogenated alkanes) is 1. The van der Waals surface area contributed by atoms with Gasteiger partial charge in [0.15, 0.2) is 11.2 Å². The molecule has 1 amide bonds. The van der Waals surface area contributed by atoms with Crippen molar-refractivity contribution in [1.82, 2.24) is 23.6 Å². The molecule has 0 saturated heterocycles. The van der Waals surface area contributed by atoms with Gasteiger partial charge in [0.05, 0.1) is 18.9 Å². The molecule has 1 aliphatic carbocycles. The maximum Gasteiger partial charge on any atom is 0.333 e. The van der Waals surface area contributed by atoms with Crippen molar-refractivity contribution in [3.8, 4) is 0 Å². The molecule has 0 bridgehead atoms. The number of aromatic nitrogens is 4. The molecule has 2 heterocycles. The average Bonchev–Trinajstić information content (AvgIpc) is 3.36. The molecule has 8 nitrogen and oxygen atoms in total. The maximum atomic E-state index is 13.7. The van der Waals surface area contributed by atoms with Crippen LogP contribution in [0.1, 0.15) is 55.3 Å². The Balaban J connectivity index is 1.55.